The molecule has 0 atom stereocenters. The minimum Gasteiger partial charge on any atom is -0.741 e. The summed E-state index contributed by atoms with van der Waals surface area (Å²) in [4.78, 5) is 0. The second kappa shape index (κ2) is 13.5. The van der Waals surface area contributed by atoms with Crippen LogP contribution >= 0.6 is 0 Å². The first kappa shape index (κ1) is 27.2. The average Bonchev–Trinajstić information content (AvgIpc) is 2.65. The molecule has 0 aliphatic rings. The fourth-order valence-corrected chi connectivity index (χ4v) is 2.20. The maximum absolute atomic E-state index is 12.2. The number of nitrogens with zero attached hydrogens (tertiary/aromatic N) is 4. The molecule has 1 aromatic rings. The van der Waals surface area contributed by atoms with Crippen molar-refractivity contribution in [3.05, 3.63) is 35.4 Å². The average molecular weight is 494 g/mol. The monoisotopic (exact) mass is 493 g/mol. The van der Waals surface area contributed by atoms with Gasteiger partial charge in [-0.1, -0.05) is 31.2 Å². The number of hydrogen-bond donors (Lipinski definition) is 2. The minimum atomic E-state index is -4.40. The van der Waals surface area contributed by atoms with Gasteiger partial charge in [0, 0.05) is 12.1 Å². The predicted molar refractivity (Wildman–Crippen MR) is 113 cm³/mol. The molecule has 0 bridgehead atoms. The Hall–Kier alpha value is -1.75. The van der Waals surface area contributed by atoms with Crippen LogP contribution in [0.5, 0.6) is 0 Å². The summed E-state index contributed by atoms with van der Waals surface area (Å²) in [6.07, 6.45) is -3.52. The van der Waals surface area contributed by atoms with Crippen molar-refractivity contribution < 1.29 is 30.2 Å². The van der Waals surface area contributed by atoms with Gasteiger partial charge in [-0.25, -0.2) is 0 Å². The molecular formula is C17H21CuF3N6S2. The van der Waals surface area contributed by atoms with E-state index in [1.807, 2.05) is 43.4 Å². The van der Waals surface area contributed by atoms with Crippen LogP contribution in [-0.4, -0.2) is 41.0 Å². The van der Waals surface area contributed by atoms with E-state index >= 15 is 0 Å². The van der Waals surface area contributed by atoms with Crippen molar-refractivity contribution in [1.29, 1.82) is 0 Å². The van der Waals surface area contributed by atoms with Crippen molar-refractivity contribution >= 4 is 47.0 Å². The number of aryl methyl sites for hydroxylation is 1. The van der Waals surface area contributed by atoms with E-state index < -0.39 is 12.7 Å². The van der Waals surface area contributed by atoms with E-state index in [4.69, 9.17) is 25.3 Å². The Kier molecular flexibility index (Phi) is 12.7. The Morgan fingerprint density at radius 1 is 0.931 bits per heavy atom. The van der Waals surface area contributed by atoms with Crippen molar-refractivity contribution in [3.63, 3.8) is 0 Å². The van der Waals surface area contributed by atoms with Gasteiger partial charge in [0.05, 0.1) is 5.71 Å². The van der Waals surface area contributed by atoms with Gasteiger partial charge in [-0.2, -0.15) is 28.5 Å². The Labute approximate surface area is 189 Å². The molecule has 1 radical (unpaired) electrons. The van der Waals surface area contributed by atoms with Crippen LogP contribution in [0.4, 0.5) is 13.2 Å². The molecule has 0 aromatic heterocycles. The first-order valence-electron chi connectivity index (χ1n) is 8.42. The van der Waals surface area contributed by atoms with Gasteiger partial charge in [-0.05, 0) is 36.2 Å². The summed E-state index contributed by atoms with van der Waals surface area (Å²) in [6.45, 7) is 4.83. The summed E-state index contributed by atoms with van der Waals surface area (Å²) < 4.78 is 36.6. The summed E-state index contributed by atoms with van der Waals surface area (Å²) >= 11 is 9.78. The maximum atomic E-state index is 12.2. The van der Waals surface area contributed by atoms with Crippen molar-refractivity contribution in [2.45, 2.75) is 33.4 Å². The van der Waals surface area contributed by atoms with Crippen LogP contribution in [0.3, 0.4) is 0 Å². The second-order valence-electron chi connectivity index (χ2n) is 5.49. The van der Waals surface area contributed by atoms with Crippen LogP contribution in [0.1, 0.15) is 31.9 Å². The normalized spacial score (nSPS) is 13.7. The minimum absolute atomic E-state index is 0. The van der Waals surface area contributed by atoms with Crippen LogP contribution < -0.4 is 10.6 Å². The van der Waals surface area contributed by atoms with Crippen molar-refractivity contribution in [3.8, 4) is 0 Å². The summed E-state index contributed by atoms with van der Waals surface area (Å²) in [5, 5.41) is 20.2. The SMILES string of the molecule is CCNC([S-])=NN=C(C(C)=NN=C([S-])NCC(F)(F)F)c1ccc(CC)cc1.[Cu+2]. The van der Waals surface area contributed by atoms with Crippen LogP contribution in [0, 0.1) is 0 Å². The van der Waals surface area contributed by atoms with E-state index in [0.717, 1.165) is 12.0 Å². The van der Waals surface area contributed by atoms with Crippen LogP contribution in [0.15, 0.2) is 44.7 Å². The Bertz CT molecular complexity index is 761. The van der Waals surface area contributed by atoms with E-state index in [2.05, 4.69) is 25.7 Å². The van der Waals surface area contributed by atoms with E-state index in [0.29, 0.717) is 23.5 Å². The molecule has 0 heterocycles. The molecule has 2 N–H and O–H groups in total. The maximum Gasteiger partial charge on any atom is 2.00 e. The molecule has 163 valence electrons. The van der Waals surface area contributed by atoms with Crippen molar-refractivity contribution in [2.75, 3.05) is 13.1 Å². The molecule has 0 aliphatic carbocycles. The third-order valence-electron chi connectivity index (χ3n) is 3.28. The van der Waals surface area contributed by atoms with Crippen LogP contribution in [0.25, 0.3) is 0 Å². The smallest absolute Gasteiger partial charge is 0.741 e. The number of alkyl halides is 3. The quantitative estimate of drug-likeness (QED) is 0.201. The van der Waals surface area contributed by atoms with E-state index in [1.54, 1.807) is 6.92 Å². The van der Waals surface area contributed by atoms with E-state index in [1.165, 1.54) is 0 Å². The number of halogens is 3. The first-order chi connectivity index (χ1) is 13.2. The molecule has 1 rings (SSSR count). The zero-order chi connectivity index (χ0) is 21.2. The van der Waals surface area contributed by atoms with Gasteiger partial charge in [-0.15, -0.1) is 5.10 Å². The topological polar surface area (TPSA) is 73.5 Å². The summed E-state index contributed by atoms with van der Waals surface area (Å²) in [7, 11) is 0. The molecule has 29 heavy (non-hydrogen) atoms. The molecule has 1 aromatic carbocycles. The van der Waals surface area contributed by atoms with E-state index in [-0.39, 0.29) is 27.4 Å². The molecule has 6 nitrogen and oxygen atoms in total. The summed E-state index contributed by atoms with van der Waals surface area (Å²) in [5.41, 5.74) is 2.56. The number of benzene rings is 1. The first-order valence-corrected chi connectivity index (χ1v) is 9.24. The number of rotatable bonds is 7. The summed E-state index contributed by atoms with van der Waals surface area (Å²) in [6, 6.07) is 7.58. The standard InChI is InChI=1S/C17H23F3N6S2.Cu/c1-4-12-6-8-13(9-7-12)14(24-26-15(27)21-5-2)11(3)23-25-16(28)22-10-17(18,19)20;/h6-9H,4-5,10H2,1-3H3,(H2,21,26,27)(H2,22,25,28);/q;+2/p-2. The second-order valence-corrected chi connectivity index (χ2v) is 6.27. The van der Waals surface area contributed by atoms with Crippen molar-refractivity contribution in [1.82, 2.24) is 10.6 Å². The third kappa shape index (κ3) is 11.1. The molecule has 12 heteroatoms. The molecule has 0 saturated heterocycles. The van der Waals surface area contributed by atoms with Gasteiger partial charge >= 0.3 is 23.2 Å². The van der Waals surface area contributed by atoms with Gasteiger partial charge in [0.1, 0.15) is 12.3 Å². The molecule has 0 amide bonds. The zero-order valence-corrected chi connectivity index (χ0v) is 18.5. The number of hydrogen-bond acceptors (Lipinski definition) is 6. The summed E-state index contributed by atoms with van der Waals surface area (Å²) in [5.74, 6) is 0. The number of amidine groups is 2. The van der Waals surface area contributed by atoms with Gasteiger partial charge in [0.15, 0.2) is 0 Å². The fourth-order valence-electron chi connectivity index (χ4n) is 1.90. The van der Waals surface area contributed by atoms with Gasteiger partial charge in [0.25, 0.3) is 0 Å². The largest absolute Gasteiger partial charge is 2.00 e. The fraction of sp³-hybridized carbons (Fsp3) is 0.412. The molecule has 0 unspecified atom stereocenters. The van der Waals surface area contributed by atoms with Crippen LogP contribution in [0.2, 0.25) is 0 Å². The predicted octanol–water partition coefficient (Wildman–Crippen LogP) is 2.89. The van der Waals surface area contributed by atoms with Gasteiger partial charge < -0.3 is 35.9 Å². The zero-order valence-electron chi connectivity index (χ0n) is 16.0. The van der Waals surface area contributed by atoms with Gasteiger partial charge in [-0.3, -0.25) is 0 Å². The molecule has 0 saturated carbocycles. The molecular weight excluding hydrogens is 473 g/mol. The van der Waals surface area contributed by atoms with E-state index in [9.17, 15) is 13.2 Å². The Morgan fingerprint density at radius 3 is 2.00 bits per heavy atom. The third-order valence-corrected chi connectivity index (χ3v) is 3.73. The molecule has 0 aliphatic heterocycles. The van der Waals surface area contributed by atoms with Crippen molar-refractivity contribution in [2.24, 2.45) is 20.4 Å². The molecule has 0 spiro atoms. The Morgan fingerprint density at radius 2 is 1.48 bits per heavy atom. The van der Waals surface area contributed by atoms with Gasteiger partial charge in [0.2, 0.25) is 0 Å². The number of nitrogens with one attached hydrogen (secondary N) is 2. The Balaban J connectivity index is 0.00000784. The molecule has 0 fully saturated rings. The van der Waals surface area contributed by atoms with Crippen LogP contribution in [-0.2, 0) is 48.7 Å².